The van der Waals surface area contributed by atoms with Crippen LogP contribution < -0.4 is 5.43 Å². The third kappa shape index (κ3) is 2.73. The van der Waals surface area contributed by atoms with Gasteiger partial charge in [0.2, 0.25) is 0 Å². The number of aromatic nitrogens is 4. The zero-order chi connectivity index (χ0) is 19.1. The number of nitrogens with one attached hydrogen (secondary N) is 1. The largest absolute Gasteiger partial charge is 0.346 e. The summed E-state index contributed by atoms with van der Waals surface area (Å²) in [6.07, 6.45) is 6.76. The lowest BCUT2D eigenvalue weighted by atomic mass is 9.97. The van der Waals surface area contributed by atoms with Crippen LogP contribution in [0.15, 0.2) is 78.1 Å². The topological polar surface area (TPSA) is 71.5 Å². The van der Waals surface area contributed by atoms with E-state index in [1.807, 2.05) is 42.5 Å². The third-order valence-corrected chi connectivity index (χ3v) is 4.95. The maximum Gasteiger partial charge on any atom is 0.191 e. The van der Waals surface area contributed by atoms with Crippen LogP contribution >= 0.6 is 11.6 Å². The van der Waals surface area contributed by atoms with Gasteiger partial charge in [0.25, 0.3) is 0 Å². The second-order valence-electron chi connectivity index (χ2n) is 6.39. The first-order valence-corrected chi connectivity index (χ1v) is 9.06. The van der Waals surface area contributed by atoms with Crippen LogP contribution in [-0.2, 0) is 0 Å². The molecule has 1 N–H and O–H groups in total. The molecule has 0 aliphatic heterocycles. The van der Waals surface area contributed by atoms with E-state index in [1.54, 1.807) is 24.8 Å². The summed E-state index contributed by atoms with van der Waals surface area (Å²) in [6.45, 7) is 0. The van der Waals surface area contributed by atoms with Gasteiger partial charge in [-0.3, -0.25) is 14.8 Å². The van der Waals surface area contributed by atoms with Gasteiger partial charge in [-0.2, -0.15) is 0 Å². The summed E-state index contributed by atoms with van der Waals surface area (Å²) in [6, 6.07) is 14.9. The summed E-state index contributed by atoms with van der Waals surface area (Å²) in [5.74, 6) is 0. The zero-order valence-electron chi connectivity index (χ0n) is 14.6. The van der Waals surface area contributed by atoms with Crippen molar-refractivity contribution in [2.45, 2.75) is 0 Å². The molecular weight excluding hydrogens is 372 g/mol. The summed E-state index contributed by atoms with van der Waals surface area (Å²) >= 11 is 6.50. The molecule has 4 aromatic heterocycles. The first-order chi connectivity index (χ1) is 13.7. The fraction of sp³-hybridized carbons (Fsp3) is 0. The van der Waals surface area contributed by atoms with Gasteiger partial charge in [-0.15, -0.1) is 0 Å². The van der Waals surface area contributed by atoms with Crippen LogP contribution in [0.1, 0.15) is 0 Å². The molecule has 0 bridgehead atoms. The van der Waals surface area contributed by atoms with E-state index >= 15 is 0 Å². The normalized spacial score (nSPS) is 11.2. The molecule has 0 fully saturated rings. The SMILES string of the molecule is O=c1cc[nH]c2nc(-c3ccncc3)c(-c3cc(Cl)c4ncccc4c3)cc12. The molecule has 0 spiro atoms. The second kappa shape index (κ2) is 6.55. The first kappa shape index (κ1) is 16.6. The van der Waals surface area contributed by atoms with Crippen molar-refractivity contribution in [3.63, 3.8) is 0 Å². The molecule has 1 aromatic carbocycles. The van der Waals surface area contributed by atoms with Gasteiger partial charge in [0.05, 0.1) is 21.6 Å². The van der Waals surface area contributed by atoms with Gasteiger partial charge in [-0.1, -0.05) is 17.7 Å². The van der Waals surface area contributed by atoms with E-state index in [2.05, 4.69) is 15.0 Å². The fourth-order valence-electron chi connectivity index (χ4n) is 3.35. The lowest BCUT2D eigenvalue weighted by molar-refractivity contribution is 1.26. The van der Waals surface area contributed by atoms with E-state index in [9.17, 15) is 4.79 Å². The number of benzene rings is 1. The minimum atomic E-state index is -0.0858. The molecule has 5 nitrogen and oxygen atoms in total. The van der Waals surface area contributed by atoms with Gasteiger partial charge in [-0.05, 0) is 42.0 Å². The number of nitrogens with zero attached hydrogens (tertiary/aromatic N) is 3. The number of halogens is 1. The summed E-state index contributed by atoms with van der Waals surface area (Å²) in [4.78, 5) is 28.6. The van der Waals surface area contributed by atoms with E-state index in [1.165, 1.54) is 6.07 Å². The van der Waals surface area contributed by atoms with Gasteiger partial charge >= 0.3 is 0 Å². The Balaban J connectivity index is 1.88. The lowest BCUT2D eigenvalue weighted by Gasteiger charge is -2.12. The van der Waals surface area contributed by atoms with Crippen LogP contribution in [0, 0.1) is 0 Å². The van der Waals surface area contributed by atoms with Crippen molar-refractivity contribution in [2.24, 2.45) is 0 Å². The highest BCUT2D eigenvalue weighted by atomic mass is 35.5. The van der Waals surface area contributed by atoms with Crippen molar-refractivity contribution in [2.75, 3.05) is 0 Å². The number of pyridine rings is 4. The zero-order valence-corrected chi connectivity index (χ0v) is 15.3. The van der Waals surface area contributed by atoms with Gasteiger partial charge in [0.15, 0.2) is 5.43 Å². The highest BCUT2D eigenvalue weighted by Crippen LogP contribution is 2.35. The van der Waals surface area contributed by atoms with E-state index in [-0.39, 0.29) is 5.43 Å². The predicted octanol–water partition coefficient (Wildman–Crippen LogP) is 4.85. The molecular formula is C22H13ClN4O. The summed E-state index contributed by atoms with van der Waals surface area (Å²) in [5, 5.41) is 2.00. The van der Waals surface area contributed by atoms with Gasteiger partial charge in [0, 0.05) is 47.4 Å². The molecule has 0 saturated carbocycles. The molecule has 5 aromatic rings. The Kier molecular flexibility index (Phi) is 3.88. The molecule has 134 valence electrons. The number of rotatable bonds is 2. The van der Waals surface area contributed by atoms with Crippen molar-refractivity contribution >= 4 is 33.5 Å². The molecule has 5 rings (SSSR count). The van der Waals surface area contributed by atoms with Gasteiger partial charge < -0.3 is 4.98 Å². The van der Waals surface area contributed by atoms with Crippen LogP contribution in [-0.4, -0.2) is 19.9 Å². The monoisotopic (exact) mass is 384 g/mol. The highest BCUT2D eigenvalue weighted by Gasteiger charge is 2.15. The lowest BCUT2D eigenvalue weighted by Crippen LogP contribution is -2.03. The minimum Gasteiger partial charge on any atom is -0.346 e. The molecule has 0 radical (unpaired) electrons. The van der Waals surface area contributed by atoms with Crippen molar-refractivity contribution in [1.29, 1.82) is 0 Å². The van der Waals surface area contributed by atoms with Crippen LogP contribution in [0.5, 0.6) is 0 Å². The van der Waals surface area contributed by atoms with Gasteiger partial charge in [-0.25, -0.2) is 4.98 Å². The maximum absolute atomic E-state index is 12.4. The Morgan fingerprint density at radius 2 is 1.79 bits per heavy atom. The Morgan fingerprint density at radius 3 is 2.64 bits per heavy atom. The van der Waals surface area contributed by atoms with Crippen LogP contribution in [0.2, 0.25) is 5.02 Å². The van der Waals surface area contributed by atoms with Crippen molar-refractivity contribution < 1.29 is 0 Å². The molecule has 0 unspecified atom stereocenters. The summed E-state index contributed by atoms with van der Waals surface area (Å²) < 4.78 is 0. The van der Waals surface area contributed by atoms with E-state index in [0.29, 0.717) is 16.1 Å². The molecule has 0 aliphatic rings. The number of fused-ring (bicyclic) bond motifs is 2. The predicted molar refractivity (Wildman–Crippen MR) is 111 cm³/mol. The van der Waals surface area contributed by atoms with E-state index < -0.39 is 0 Å². The minimum absolute atomic E-state index is 0.0858. The number of hydrogen-bond acceptors (Lipinski definition) is 4. The molecule has 0 aliphatic carbocycles. The third-order valence-electron chi connectivity index (χ3n) is 4.67. The first-order valence-electron chi connectivity index (χ1n) is 8.68. The Hall–Kier alpha value is -3.57. The number of aromatic amines is 1. The Bertz CT molecular complexity index is 1400. The molecule has 0 atom stereocenters. The molecule has 6 heteroatoms. The highest BCUT2D eigenvalue weighted by molar-refractivity contribution is 6.35. The smallest absolute Gasteiger partial charge is 0.191 e. The maximum atomic E-state index is 12.4. The van der Waals surface area contributed by atoms with Crippen molar-refractivity contribution in [3.05, 3.63) is 88.6 Å². The molecule has 0 amide bonds. The molecule has 4 heterocycles. The standard InChI is InChI=1S/C22H13ClN4O/c23-18-11-15(10-14-2-1-6-25-21(14)18)16-12-17-19(28)5-9-26-22(17)27-20(16)13-3-7-24-8-4-13/h1-12H,(H,26,27,28). The van der Waals surface area contributed by atoms with Gasteiger partial charge in [0.1, 0.15) is 5.65 Å². The fourth-order valence-corrected chi connectivity index (χ4v) is 3.63. The number of hydrogen-bond donors (Lipinski definition) is 1. The van der Waals surface area contributed by atoms with Crippen LogP contribution in [0.3, 0.4) is 0 Å². The van der Waals surface area contributed by atoms with Crippen molar-refractivity contribution in [3.8, 4) is 22.4 Å². The average molecular weight is 385 g/mol. The van der Waals surface area contributed by atoms with E-state index in [4.69, 9.17) is 16.6 Å². The van der Waals surface area contributed by atoms with Crippen LogP contribution in [0.4, 0.5) is 0 Å². The molecule has 28 heavy (non-hydrogen) atoms. The Morgan fingerprint density at radius 1 is 0.929 bits per heavy atom. The Labute approximate surface area is 164 Å². The van der Waals surface area contributed by atoms with Crippen molar-refractivity contribution in [1.82, 2.24) is 19.9 Å². The second-order valence-corrected chi connectivity index (χ2v) is 6.80. The summed E-state index contributed by atoms with van der Waals surface area (Å²) in [7, 11) is 0. The van der Waals surface area contributed by atoms with Crippen LogP contribution in [0.25, 0.3) is 44.3 Å². The van der Waals surface area contributed by atoms with E-state index in [0.717, 1.165) is 33.3 Å². The summed E-state index contributed by atoms with van der Waals surface area (Å²) in [5.41, 5.74) is 4.53. The quantitative estimate of drug-likeness (QED) is 0.472. The average Bonchev–Trinajstić information content (AvgIpc) is 2.74. The number of H-pyrrole nitrogens is 1. The molecule has 0 saturated heterocycles.